The molecule has 10 nitrogen and oxygen atoms in total. The molecule has 0 bridgehead atoms. The molecule has 2 N–H and O–H groups in total. The highest BCUT2D eigenvalue weighted by Crippen LogP contribution is 2.28. The van der Waals surface area contributed by atoms with Gasteiger partial charge in [-0.2, -0.15) is 10.2 Å². The van der Waals surface area contributed by atoms with Crippen LogP contribution in [0.15, 0.2) is 10.2 Å². The van der Waals surface area contributed by atoms with E-state index >= 15 is 0 Å². The van der Waals surface area contributed by atoms with E-state index in [-0.39, 0.29) is 47.9 Å². The molecule has 3 aliphatic rings. The summed E-state index contributed by atoms with van der Waals surface area (Å²) in [5.41, 5.74) is 0.571. The van der Waals surface area contributed by atoms with Gasteiger partial charge in [-0.15, -0.1) is 0 Å². The van der Waals surface area contributed by atoms with Gasteiger partial charge in [0.15, 0.2) is 0 Å². The Morgan fingerprint density at radius 3 is 1.47 bits per heavy atom. The quantitative estimate of drug-likeness (QED) is 0.586. The molecule has 2 aliphatic heterocycles. The number of hydrogen-bond acceptors (Lipinski definition) is 6. The second-order valence-electron chi connectivity index (χ2n) is 7.97. The van der Waals surface area contributed by atoms with Crippen molar-refractivity contribution in [2.75, 3.05) is 26.2 Å². The van der Waals surface area contributed by atoms with Gasteiger partial charge in [-0.1, -0.05) is 0 Å². The van der Waals surface area contributed by atoms with E-state index in [1.54, 1.807) is 0 Å². The Kier molecular flexibility index (Phi) is 7.17. The molecule has 10 heteroatoms. The van der Waals surface area contributed by atoms with E-state index < -0.39 is 0 Å². The van der Waals surface area contributed by atoms with Crippen molar-refractivity contribution >= 4 is 35.1 Å². The lowest BCUT2D eigenvalue weighted by atomic mass is 9.82. The van der Waals surface area contributed by atoms with E-state index in [2.05, 4.69) is 20.8 Å². The second-order valence-corrected chi connectivity index (χ2v) is 7.97. The summed E-state index contributed by atoms with van der Waals surface area (Å²) in [5, 5.41) is 16.6. The Balaban J connectivity index is 1.34. The fourth-order valence-electron chi connectivity index (χ4n) is 4.01. The third-order valence-electron chi connectivity index (χ3n) is 5.89. The summed E-state index contributed by atoms with van der Waals surface area (Å²) < 4.78 is 0. The van der Waals surface area contributed by atoms with Crippen LogP contribution in [0.5, 0.6) is 0 Å². The van der Waals surface area contributed by atoms with E-state index in [9.17, 15) is 19.2 Å². The van der Waals surface area contributed by atoms with Gasteiger partial charge in [0.2, 0.25) is 11.8 Å². The van der Waals surface area contributed by atoms with Crippen molar-refractivity contribution in [2.24, 2.45) is 22.0 Å². The largest absolute Gasteiger partial charge is 0.351 e. The number of amides is 4. The van der Waals surface area contributed by atoms with Gasteiger partial charge in [0.25, 0.3) is 11.8 Å². The topological polar surface area (TPSA) is 124 Å². The Bertz CT molecular complexity index is 705. The van der Waals surface area contributed by atoms with Gasteiger partial charge in [-0.05, 0) is 51.4 Å². The fourth-order valence-corrected chi connectivity index (χ4v) is 4.01. The maximum atomic E-state index is 12.2. The molecule has 30 heavy (non-hydrogen) atoms. The first kappa shape index (κ1) is 21.9. The highest BCUT2D eigenvalue weighted by atomic mass is 16.2. The monoisotopic (exact) mass is 418 g/mol. The predicted octanol–water partition coefficient (Wildman–Crippen LogP) is 0.242. The van der Waals surface area contributed by atoms with E-state index in [4.69, 9.17) is 0 Å². The van der Waals surface area contributed by atoms with Gasteiger partial charge in [0.1, 0.15) is 11.4 Å². The van der Waals surface area contributed by atoms with E-state index in [0.29, 0.717) is 38.0 Å². The summed E-state index contributed by atoms with van der Waals surface area (Å²) in [6.45, 7) is 5.73. The Labute approximate surface area is 176 Å². The average Bonchev–Trinajstić information content (AvgIpc) is 3.33. The van der Waals surface area contributed by atoms with Crippen molar-refractivity contribution in [1.29, 1.82) is 0 Å². The first-order valence-electron chi connectivity index (χ1n) is 10.7. The fraction of sp³-hybridized carbons (Fsp3) is 0.700. The summed E-state index contributed by atoms with van der Waals surface area (Å²) in [4.78, 5) is 47.8. The van der Waals surface area contributed by atoms with E-state index in [0.717, 1.165) is 25.7 Å². The SMILES string of the molecule is CCN1N=C(C(=O)NCC2CCC(CNC(=O)C3=NN(CC)C(=O)C3)CC2)CC1=O. The molecule has 4 amide bonds. The number of nitrogens with one attached hydrogen (secondary N) is 2. The molecule has 0 aromatic carbocycles. The normalized spacial score (nSPS) is 24.1. The molecule has 0 saturated heterocycles. The van der Waals surface area contributed by atoms with Crippen LogP contribution in [0, 0.1) is 11.8 Å². The molecule has 164 valence electrons. The molecule has 0 radical (unpaired) electrons. The highest BCUT2D eigenvalue weighted by molar-refractivity contribution is 6.43. The van der Waals surface area contributed by atoms with E-state index in [1.165, 1.54) is 10.0 Å². The summed E-state index contributed by atoms with van der Waals surface area (Å²) in [7, 11) is 0. The van der Waals surface area contributed by atoms with Crippen molar-refractivity contribution in [1.82, 2.24) is 20.7 Å². The van der Waals surface area contributed by atoms with Crippen LogP contribution in [0.2, 0.25) is 0 Å². The van der Waals surface area contributed by atoms with Crippen molar-refractivity contribution in [2.45, 2.75) is 52.4 Å². The summed E-state index contributed by atoms with van der Waals surface area (Å²) in [6.07, 6.45) is 4.01. The van der Waals surface area contributed by atoms with Crippen molar-refractivity contribution in [3.63, 3.8) is 0 Å². The smallest absolute Gasteiger partial charge is 0.268 e. The summed E-state index contributed by atoms with van der Waals surface area (Å²) >= 11 is 0. The maximum Gasteiger partial charge on any atom is 0.268 e. The van der Waals surface area contributed by atoms with Gasteiger partial charge in [-0.25, -0.2) is 10.0 Å². The molecule has 1 fully saturated rings. The lowest BCUT2D eigenvalue weighted by Crippen LogP contribution is -2.38. The molecule has 3 rings (SSSR count). The van der Waals surface area contributed by atoms with Gasteiger partial charge in [0, 0.05) is 26.2 Å². The zero-order valence-electron chi connectivity index (χ0n) is 17.6. The first-order chi connectivity index (χ1) is 14.4. The number of carbonyl (C=O) groups excluding carboxylic acids is 4. The molecule has 0 atom stereocenters. The van der Waals surface area contributed by atoms with Crippen LogP contribution >= 0.6 is 0 Å². The molecular formula is C20H30N6O4. The molecule has 0 spiro atoms. The number of carbonyl (C=O) groups is 4. The minimum atomic E-state index is -0.262. The Morgan fingerprint density at radius 2 is 1.17 bits per heavy atom. The standard InChI is InChI=1S/C20H30N6O4/c1-3-25-17(27)9-15(23-25)19(29)21-11-13-5-7-14(8-6-13)12-22-20(30)16-10-18(28)26(4-2)24-16/h13-14H,3-12H2,1-2H3,(H,21,29)(H,22,30). The van der Waals surface area contributed by atoms with Crippen LogP contribution in [0.3, 0.4) is 0 Å². The molecule has 0 unspecified atom stereocenters. The van der Waals surface area contributed by atoms with Crippen LogP contribution in [0.1, 0.15) is 52.4 Å². The van der Waals surface area contributed by atoms with Crippen molar-refractivity contribution < 1.29 is 19.2 Å². The first-order valence-corrected chi connectivity index (χ1v) is 10.7. The molecule has 1 aliphatic carbocycles. The number of hydrogen-bond donors (Lipinski definition) is 2. The van der Waals surface area contributed by atoms with Gasteiger partial charge >= 0.3 is 0 Å². The molecule has 0 aromatic rings. The van der Waals surface area contributed by atoms with E-state index in [1.807, 2.05) is 13.8 Å². The Hall–Kier alpha value is -2.78. The van der Waals surface area contributed by atoms with Gasteiger partial charge in [-0.3, -0.25) is 19.2 Å². The highest BCUT2D eigenvalue weighted by Gasteiger charge is 2.29. The second kappa shape index (κ2) is 9.82. The lowest BCUT2D eigenvalue weighted by Gasteiger charge is -2.28. The van der Waals surface area contributed by atoms with Crippen LogP contribution in [0.25, 0.3) is 0 Å². The van der Waals surface area contributed by atoms with Crippen LogP contribution in [0.4, 0.5) is 0 Å². The minimum absolute atomic E-state index is 0.0685. The summed E-state index contributed by atoms with van der Waals surface area (Å²) in [5.74, 6) is -0.0314. The molecule has 1 saturated carbocycles. The van der Waals surface area contributed by atoms with Crippen molar-refractivity contribution in [3.8, 4) is 0 Å². The van der Waals surface area contributed by atoms with Crippen LogP contribution in [-0.2, 0) is 19.2 Å². The molecule has 2 heterocycles. The molecule has 0 aromatic heterocycles. The lowest BCUT2D eigenvalue weighted by molar-refractivity contribution is -0.129. The number of rotatable bonds is 8. The zero-order valence-corrected chi connectivity index (χ0v) is 17.6. The Morgan fingerprint density at radius 1 is 0.800 bits per heavy atom. The molecular weight excluding hydrogens is 388 g/mol. The third kappa shape index (κ3) is 5.22. The average molecular weight is 418 g/mol. The minimum Gasteiger partial charge on any atom is -0.351 e. The van der Waals surface area contributed by atoms with Gasteiger partial charge in [0.05, 0.1) is 12.8 Å². The van der Waals surface area contributed by atoms with Crippen LogP contribution in [-0.4, -0.2) is 71.2 Å². The zero-order chi connectivity index (χ0) is 21.7. The van der Waals surface area contributed by atoms with Gasteiger partial charge < -0.3 is 10.6 Å². The maximum absolute atomic E-state index is 12.2. The summed E-state index contributed by atoms with van der Waals surface area (Å²) in [6, 6.07) is 0. The van der Waals surface area contributed by atoms with Crippen molar-refractivity contribution in [3.05, 3.63) is 0 Å². The third-order valence-corrected chi connectivity index (χ3v) is 5.89. The van der Waals surface area contributed by atoms with Crippen LogP contribution < -0.4 is 10.6 Å². The number of hydrazone groups is 2. The number of nitrogens with zero attached hydrogens (tertiary/aromatic N) is 4. The predicted molar refractivity (Wildman–Crippen MR) is 110 cm³/mol.